The third kappa shape index (κ3) is 2.41. The van der Waals surface area contributed by atoms with Gasteiger partial charge in [-0.25, -0.2) is 0 Å². The Labute approximate surface area is 115 Å². The minimum Gasteiger partial charge on any atom is -0.399 e. The van der Waals surface area contributed by atoms with Gasteiger partial charge < -0.3 is 9.31 Å². The first-order chi connectivity index (χ1) is 8.78. The van der Waals surface area contributed by atoms with Crippen molar-refractivity contribution in [3.05, 3.63) is 23.5 Å². The second kappa shape index (κ2) is 4.66. The summed E-state index contributed by atoms with van der Waals surface area (Å²) in [5, 5.41) is 0. The van der Waals surface area contributed by atoms with Gasteiger partial charge in [0.25, 0.3) is 0 Å². The van der Waals surface area contributed by atoms with E-state index >= 15 is 0 Å². The lowest BCUT2D eigenvalue weighted by molar-refractivity contribution is 0.00578. The average Bonchev–Trinajstić information content (AvgIpc) is 2.48. The molecule has 0 aliphatic carbocycles. The van der Waals surface area contributed by atoms with Gasteiger partial charge in [-0.3, -0.25) is 4.98 Å². The number of aromatic nitrogens is 1. The van der Waals surface area contributed by atoms with Crippen LogP contribution in [0.4, 0.5) is 0 Å². The van der Waals surface area contributed by atoms with Gasteiger partial charge in [-0.05, 0) is 46.2 Å². The number of aryl methyl sites for hydroxylation is 1. The van der Waals surface area contributed by atoms with Crippen molar-refractivity contribution in [3.63, 3.8) is 0 Å². The van der Waals surface area contributed by atoms with Gasteiger partial charge in [-0.1, -0.05) is 0 Å². The normalized spacial score (nSPS) is 20.3. The predicted octanol–water partition coefficient (Wildman–Crippen LogP) is 1.86. The zero-order valence-electron chi connectivity index (χ0n) is 12.3. The van der Waals surface area contributed by atoms with Gasteiger partial charge >= 0.3 is 7.12 Å². The molecule has 0 unspecified atom stereocenters. The standard InChI is InChI=1S/C15H20BNO2/c1-7-8-12-9-10-17-11(2)13(12)16-18-14(3,4)15(5,6)19-16/h1,9-10H,8H2,2-6H3. The SMILES string of the molecule is C#CCc1ccnc(C)c1B1OC(C)(C)C(C)(C)O1. The topological polar surface area (TPSA) is 31.4 Å². The second-order valence-corrected chi connectivity index (χ2v) is 5.94. The highest BCUT2D eigenvalue weighted by atomic mass is 16.7. The van der Waals surface area contributed by atoms with Crippen LogP contribution in [0.1, 0.15) is 39.0 Å². The van der Waals surface area contributed by atoms with Gasteiger partial charge in [0.05, 0.1) is 11.2 Å². The van der Waals surface area contributed by atoms with Gasteiger partial charge in [-0.2, -0.15) is 0 Å². The van der Waals surface area contributed by atoms with E-state index < -0.39 is 7.12 Å². The molecule has 100 valence electrons. The van der Waals surface area contributed by atoms with Crippen molar-refractivity contribution in [2.45, 2.75) is 52.2 Å². The third-order valence-corrected chi connectivity index (χ3v) is 4.06. The van der Waals surface area contributed by atoms with Gasteiger partial charge in [0.2, 0.25) is 0 Å². The number of hydrogen-bond acceptors (Lipinski definition) is 3. The highest BCUT2D eigenvalue weighted by Crippen LogP contribution is 2.36. The molecule has 1 aliphatic heterocycles. The van der Waals surface area contributed by atoms with Crippen LogP contribution in [0.15, 0.2) is 12.3 Å². The Morgan fingerprint density at radius 2 is 1.84 bits per heavy atom. The van der Waals surface area contributed by atoms with Crippen molar-refractivity contribution in [2.75, 3.05) is 0 Å². The second-order valence-electron chi connectivity index (χ2n) is 5.94. The van der Waals surface area contributed by atoms with Crippen molar-refractivity contribution in [2.24, 2.45) is 0 Å². The lowest BCUT2D eigenvalue weighted by Gasteiger charge is -2.32. The van der Waals surface area contributed by atoms with E-state index in [2.05, 4.69) is 10.9 Å². The molecule has 1 aliphatic rings. The van der Waals surface area contributed by atoms with Crippen LogP contribution in [0.2, 0.25) is 0 Å². The minimum absolute atomic E-state index is 0.354. The van der Waals surface area contributed by atoms with Crippen LogP contribution in [0.3, 0.4) is 0 Å². The van der Waals surface area contributed by atoms with Crippen LogP contribution < -0.4 is 5.46 Å². The molecule has 0 N–H and O–H groups in total. The fraction of sp³-hybridized carbons (Fsp3) is 0.533. The molecule has 19 heavy (non-hydrogen) atoms. The van der Waals surface area contributed by atoms with Crippen LogP contribution in [0.25, 0.3) is 0 Å². The highest BCUT2D eigenvalue weighted by Gasteiger charge is 2.52. The van der Waals surface area contributed by atoms with Crippen LogP contribution in [0.5, 0.6) is 0 Å². The zero-order chi connectivity index (χ0) is 14.3. The lowest BCUT2D eigenvalue weighted by atomic mass is 9.74. The molecule has 0 amide bonds. The summed E-state index contributed by atoms with van der Waals surface area (Å²) in [4.78, 5) is 4.33. The Kier molecular flexibility index (Phi) is 3.46. The van der Waals surface area contributed by atoms with Crippen LogP contribution in [0, 0.1) is 19.3 Å². The molecule has 1 aromatic rings. The van der Waals surface area contributed by atoms with E-state index in [-0.39, 0.29) is 11.2 Å². The molecule has 1 fully saturated rings. The molecule has 0 spiro atoms. The molecule has 1 aromatic heterocycles. The van der Waals surface area contributed by atoms with Crippen molar-refractivity contribution in [1.82, 2.24) is 4.98 Å². The average molecular weight is 257 g/mol. The first kappa shape index (κ1) is 14.1. The summed E-state index contributed by atoms with van der Waals surface area (Å²) in [5.74, 6) is 2.68. The van der Waals surface area contributed by atoms with Crippen LogP contribution >= 0.6 is 0 Å². The van der Waals surface area contributed by atoms with E-state index in [0.29, 0.717) is 6.42 Å². The van der Waals surface area contributed by atoms with Gasteiger partial charge in [0, 0.05) is 23.8 Å². The van der Waals surface area contributed by atoms with Gasteiger partial charge in [-0.15, -0.1) is 12.3 Å². The Morgan fingerprint density at radius 1 is 1.26 bits per heavy atom. The van der Waals surface area contributed by atoms with Gasteiger partial charge in [0.15, 0.2) is 0 Å². The van der Waals surface area contributed by atoms with E-state index in [1.807, 2.05) is 40.7 Å². The fourth-order valence-corrected chi connectivity index (χ4v) is 2.18. The molecule has 2 heterocycles. The number of nitrogens with zero attached hydrogens (tertiary/aromatic N) is 1. The Bertz CT molecular complexity index is 515. The fourth-order valence-electron chi connectivity index (χ4n) is 2.18. The highest BCUT2D eigenvalue weighted by molar-refractivity contribution is 6.63. The molecule has 0 bridgehead atoms. The number of terminal acetylenes is 1. The molecular weight excluding hydrogens is 237 g/mol. The minimum atomic E-state index is -0.401. The Balaban J connectivity index is 2.42. The summed E-state index contributed by atoms with van der Waals surface area (Å²) in [6, 6.07) is 1.94. The lowest BCUT2D eigenvalue weighted by Crippen LogP contribution is -2.41. The predicted molar refractivity (Wildman–Crippen MR) is 77.2 cm³/mol. The molecular formula is C15H20BNO2. The summed E-state index contributed by atoms with van der Waals surface area (Å²) in [7, 11) is -0.401. The molecule has 2 rings (SSSR count). The maximum atomic E-state index is 6.09. The number of rotatable bonds is 2. The van der Waals surface area contributed by atoms with E-state index in [4.69, 9.17) is 15.7 Å². The van der Waals surface area contributed by atoms with Gasteiger partial charge in [0.1, 0.15) is 0 Å². The maximum Gasteiger partial charge on any atom is 0.497 e. The summed E-state index contributed by atoms with van der Waals surface area (Å²) < 4.78 is 12.2. The summed E-state index contributed by atoms with van der Waals surface area (Å²) >= 11 is 0. The van der Waals surface area contributed by atoms with E-state index in [1.165, 1.54) is 0 Å². The smallest absolute Gasteiger partial charge is 0.399 e. The quantitative estimate of drug-likeness (QED) is 0.598. The van der Waals surface area contributed by atoms with Crippen molar-refractivity contribution in [3.8, 4) is 12.3 Å². The van der Waals surface area contributed by atoms with E-state index in [0.717, 1.165) is 16.7 Å². The first-order valence-corrected chi connectivity index (χ1v) is 6.52. The molecule has 4 heteroatoms. The molecule has 0 radical (unpaired) electrons. The summed E-state index contributed by atoms with van der Waals surface area (Å²) in [6.07, 6.45) is 7.77. The van der Waals surface area contributed by atoms with Crippen LogP contribution in [-0.2, 0) is 15.7 Å². The largest absolute Gasteiger partial charge is 0.497 e. The Morgan fingerprint density at radius 3 is 2.37 bits per heavy atom. The first-order valence-electron chi connectivity index (χ1n) is 6.52. The molecule has 0 saturated carbocycles. The third-order valence-electron chi connectivity index (χ3n) is 4.06. The number of pyridine rings is 1. The zero-order valence-corrected chi connectivity index (χ0v) is 12.3. The van der Waals surface area contributed by atoms with Crippen molar-refractivity contribution in [1.29, 1.82) is 0 Å². The Hall–Kier alpha value is -1.31. The van der Waals surface area contributed by atoms with Crippen molar-refractivity contribution < 1.29 is 9.31 Å². The number of hydrogen-bond donors (Lipinski definition) is 0. The monoisotopic (exact) mass is 257 g/mol. The molecule has 0 atom stereocenters. The molecule has 1 saturated heterocycles. The van der Waals surface area contributed by atoms with Crippen molar-refractivity contribution >= 4 is 12.6 Å². The van der Waals surface area contributed by atoms with E-state index in [9.17, 15) is 0 Å². The van der Waals surface area contributed by atoms with E-state index in [1.54, 1.807) is 6.20 Å². The maximum absolute atomic E-state index is 6.09. The van der Waals surface area contributed by atoms with Crippen LogP contribution in [-0.4, -0.2) is 23.3 Å². The molecule has 3 nitrogen and oxygen atoms in total. The molecule has 0 aromatic carbocycles. The summed E-state index contributed by atoms with van der Waals surface area (Å²) in [5.41, 5.74) is 2.22. The summed E-state index contributed by atoms with van der Waals surface area (Å²) in [6.45, 7) is 10.1.